The highest BCUT2D eigenvalue weighted by molar-refractivity contribution is 8.65. The third kappa shape index (κ3) is 4.50. The normalized spacial score (nSPS) is 11.5. The van der Waals surface area contributed by atoms with Crippen molar-refractivity contribution in [1.29, 1.82) is 0 Å². The summed E-state index contributed by atoms with van der Waals surface area (Å²) >= 11 is 4.19. The molecule has 0 aliphatic heterocycles. The van der Waals surface area contributed by atoms with Crippen LogP contribution in [0.1, 0.15) is 11.1 Å². The predicted molar refractivity (Wildman–Crippen MR) is 105 cm³/mol. The molecule has 0 saturated carbocycles. The van der Waals surface area contributed by atoms with E-state index in [-0.39, 0.29) is 0 Å². The molecule has 0 aliphatic rings. The molecule has 0 fully saturated rings. The maximum atomic E-state index is 10.5. The topological polar surface area (TPSA) is 40.5 Å². The molecule has 0 aromatic heterocycles. The fourth-order valence-corrected chi connectivity index (χ4v) is 8.63. The van der Waals surface area contributed by atoms with Crippen LogP contribution in [0.5, 0.6) is 0 Å². The van der Waals surface area contributed by atoms with Crippen LogP contribution in [0.25, 0.3) is 0 Å². The van der Waals surface area contributed by atoms with Gasteiger partial charge in [-0.05, 0) is 36.1 Å². The van der Waals surface area contributed by atoms with E-state index in [0.29, 0.717) is 12.8 Å². The van der Waals surface area contributed by atoms with E-state index in [1.54, 1.807) is 0 Å². The van der Waals surface area contributed by atoms with Crippen LogP contribution in [-0.4, -0.2) is 9.79 Å². The van der Waals surface area contributed by atoms with Gasteiger partial charge in [-0.1, -0.05) is 70.9 Å². The zero-order valence-corrected chi connectivity index (χ0v) is 15.4. The molecule has 0 spiro atoms. The van der Waals surface area contributed by atoms with Crippen molar-refractivity contribution in [3.63, 3.8) is 0 Å². The molecule has 2 nitrogen and oxygen atoms in total. The molecule has 2 rings (SSSR count). The van der Waals surface area contributed by atoms with Crippen LogP contribution < -0.4 is 0 Å². The molecule has 0 radical (unpaired) electrons. The molecular formula is C18H21O2PS2. The van der Waals surface area contributed by atoms with Crippen molar-refractivity contribution in [2.75, 3.05) is 0 Å². The molecule has 5 heteroatoms. The summed E-state index contributed by atoms with van der Waals surface area (Å²) in [5.41, 5.74) is -1.33. The van der Waals surface area contributed by atoms with Gasteiger partial charge in [0.05, 0.1) is 0 Å². The maximum absolute atomic E-state index is 10.5. The summed E-state index contributed by atoms with van der Waals surface area (Å²) < 4.78 is 0. The van der Waals surface area contributed by atoms with Crippen molar-refractivity contribution < 1.29 is 9.79 Å². The van der Waals surface area contributed by atoms with Crippen LogP contribution in [0.3, 0.4) is 0 Å². The van der Waals surface area contributed by atoms with E-state index in [9.17, 15) is 9.79 Å². The van der Waals surface area contributed by atoms with Crippen LogP contribution >= 0.6 is 17.9 Å². The summed E-state index contributed by atoms with van der Waals surface area (Å²) in [7, 11) is -0.904. The summed E-state index contributed by atoms with van der Waals surface area (Å²) in [5, 5.41) is 0. The quantitative estimate of drug-likeness (QED) is 0.392. The van der Waals surface area contributed by atoms with Gasteiger partial charge in [0, 0.05) is 9.79 Å². The lowest BCUT2D eigenvalue weighted by molar-refractivity contribution is 0.502. The van der Waals surface area contributed by atoms with Crippen molar-refractivity contribution >= 4 is 28.0 Å². The third-order valence-corrected chi connectivity index (χ3v) is 9.57. The Kier molecular flexibility index (Phi) is 6.51. The Labute approximate surface area is 145 Å². The molecule has 0 heterocycles. The second-order valence-electron chi connectivity index (χ2n) is 5.00. The molecule has 0 saturated heterocycles. The van der Waals surface area contributed by atoms with Gasteiger partial charge in [0.1, 0.15) is 0 Å². The van der Waals surface area contributed by atoms with E-state index in [4.69, 9.17) is 0 Å². The minimum atomic E-state index is -3.42. The van der Waals surface area contributed by atoms with Gasteiger partial charge in [0.25, 0.3) is 0 Å². The largest absolute Gasteiger partial charge is 0.341 e. The van der Waals surface area contributed by atoms with Crippen molar-refractivity contribution in [2.24, 2.45) is 0 Å². The average molecular weight is 364 g/mol. The molecule has 0 amide bonds. The number of hydrogen-bond donors (Lipinski definition) is 3. The maximum Gasteiger partial charge on any atom is 0.207 e. The average Bonchev–Trinajstić information content (AvgIpc) is 2.50. The minimum absolute atomic E-state index is 0.678. The molecule has 0 aliphatic carbocycles. The Hall–Kier alpha value is -1.03. The first-order valence-corrected chi connectivity index (χ1v) is 11.9. The van der Waals surface area contributed by atoms with Gasteiger partial charge in [0.2, 0.25) is 5.69 Å². The van der Waals surface area contributed by atoms with Crippen LogP contribution in [0, 0.1) is 0 Å². The second kappa shape index (κ2) is 8.18. The molecule has 0 atom stereocenters. The Bertz CT molecular complexity index is 714. The fraction of sp³-hybridized carbons (Fsp3) is 0.111. The summed E-state index contributed by atoms with van der Waals surface area (Å²) in [4.78, 5) is 22.8. The highest BCUT2D eigenvalue weighted by Gasteiger charge is 2.20. The molecule has 23 heavy (non-hydrogen) atoms. The van der Waals surface area contributed by atoms with Crippen molar-refractivity contribution in [3.8, 4) is 0 Å². The molecular weight excluding hydrogens is 343 g/mol. The van der Waals surface area contributed by atoms with E-state index in [1.807, 2.05) is 60.7 Å². The molecule has 2 aromatic rings. The Balaban J connectivity index is 2.77. The summed E-state index contributed by atoms with van der Waals surface area (Å²) in [6.45, 7) is 7.59. The van der Waals surface area contributed by atoms with E-state index >= 15 is 0 Å². The monoisotopic (exact) mass is 364 g/mol. The second-order valence-corrected chi connectivity index (χ2v) is 12.6. The molecule has 2 N–H and O–H groups in total. The smallest absolute Gasteiger partial charge is 0.207 e. The van der Waals surface area contributed by atoms with Gasteiger partial charge in [-0.3, -0.25) is 0 Å². The number of thiol groups is 1. The Morgan fingerprint density at radius 1 is 0.870 bits per heavy atom. The first-order chi connectivity index (χ1) is 11.0. The van der Waals surface area contributed by atoms with Crippen LogP contribution in [0.4, 0.5) is 0 Å². The van der Waals surface area contributed by atoms with E-state index in [0.717, 1.165) is 20.9 Å². The van der Waals surface area contributed by atoms with Gasteiger partial charge >= 0.3 is 0 Å². The Morgan fingerprint density at radius 2 is 1.26 bits per heavy atom. The molecule has 2 aromatic carbocycles. The zero-order chi connectivity index (χ0) is 16.9. The minimum Gasteiger partial charge on any atom is -0.341 e. The van der Waals surface area contributed by atoms with Crippen LogP contribution in [0.15, 0.2) is 83.6 Å². The highest BCUT2D eigenvalue weighted by Crippen LogP contribution is 2.52. The molecule has 122 valence electrons. The van der Waals surface area contributed by atoms with E-state index in [2.05, 4.69) is 25.4 Å². The molecule has 0 unspecified atom stereocenters. The highest BCUT2D eigenvalue weighted by atomic mass is 32.9. The number of benzene rings is 2. The van der Waals surface area contributed by atoms with Crippen LogP contribution in [-0.2, 0) is 22.9 Å². The zero-order valence-electron chi connectivity index (χ0n) is 12.8. The number of hydrogen-bond acceptors (Lipinski definition) is 0. The third-order valence-electron chi connectivity index (χ3n) is 3.34. The lowest BCUT2D eigenvalue weighted by atomic mass is 10.1. The van der Waals surface area contributed by atoms with E-state index < -0.39 is 15.8 Å². The lowest BCUT2D eigenvalue weighted by Gasteiger charge is -2.21. The van der Waals surface area contributed by atoms with Crippen LogP contribution in [0.2, 0.25) is 0 Å². The summed E-state index contributed by atoms with van der Waals surface area (Å²) in [5.74, 6) is 0. The van der Waals surface area contributed by atoms with Gasteiger partial charge in [-0.15, -0.1) is 13.2 Å². The predicted octanol–water partition coefficient (Wildman–Crippen LogP) is 4.77. The fourth-order valence-electron chi connectivity index (χ4n) is 2.42. The number of allylic oxidation sites excluding steroid dienone is 2. The van der Waals surface area contributed by atoms with Gasteiger partial charge in [-0.2, -0.15) is 0 Å². The first-order valence-electron chi connectivity index (χ1n) is 7.19. The Morgan fingerprint density at radius 3 is 1.61 bits per heavy atom. The number of rotatable bonds is 6. The van der Waals surface area contributed by atoms with E-state index in [1.165, 1.54) is 0 Å². The molecule has 0 bridgehead atoms. The van der Waals surface area contributed by atoms with Gasteiger partial charge in [0.15, 0.2) is 0 Å². The SMILES string of the molecule is C=CCc1ccccc1S(c1ccccc1CC=C)=P(O)(O)S. The first kappa shape index (κ1) is 18.3. The summed E-state index contributed by atoms with van der Waals surface area (Å²) in [6.07, 6.45) is 5.00. The lowest BCUT2D eigenvalue weighted by Crippen LogP contribution is -2.02. The van der Waals surface area contributed by atoms with Gasteiger partial charge < -0.3 is 9.79 Å². The van der Waals surface area contributed by atoms with Crippen molar-refractivity contribution in [1.82, 2.24) is 0 Å². The summed E-state index contributed by atoms with van der Waals surface area (Å²) in [6, 6.07) is 15.6. The van der Waals surface area contributed by atoms with Gasteiger partial charge in [-0.25, -0.2) is 0 Å². The van der Waals surface area contributed by atoms with Crippen molar-refractivity contribution in [3.05, 3.63) is 85.0 Å². The van der Waals surface area contributed by atoms with Crippen molar-refractivity contribution in [2.45, 2.75) is 22.6 Å². The standard InChI is InChI=1S/C18H21O2PS2/c1-3-9-15-11-5-7-13-17(15)23(21(19,20)22)18-14-8-6-12-16(18)10-4-2/h3-8,11-14,19-20,22H,1-2,9-10H2.